The third kappa shape index (κ3) is 3.62. The third-order valence-electron chi connectivity index (χ3n) is 5.00. The highest BCUT2D eigenvalue weighted by Crippen LogP contribution is 2.35. The molecular weight excluding hydrogens is 370 g/mol. The number of nitrogens with one attached hydrogen (secondary N) is 1. The zero-order valence-corrected chi connectivity index (χ0v) is 15.4. The number of fused-ring (bicyclic) bond motifs is 1. The second kappa shape index (κ2) is 7.63. The Morgan fingerprint density at radius 3 is 2.48 bits per heavy atom. The number of nitrogens with zero attached hydrogens (tertiary/aromatic N) is 2. The first-order valence-electron chi connectivity index (χ1n) is 9.20. The van der Waals surface area contributed by atoms with Crippen LogP contribution in [0.25, 0.3) is 0 Å². The van der Waals surface area contributed by atoms with Gasteiger partial charge < -0.3 is 15.3 Å². The molecule has 146 valence electrons. The minimum atomic E-state index is -0.696. The largest absolute Gasteiger partial charge is 0.868 e. The molecule has 0 unspecified atom stereocenters. The summed E-state index contributed by atoms with van der Waals surface area (Å²) in [6.45, 7) is 0.418. The number of para-hydroxylation sites is 1. The Balaban J connectivity index is 1.71. The van der Waals surface area contributed by atoms with Crippen LogP contribution in [0.2, 0.25) is 0 Å². The predicted molar refractivity (Wildman–Crippen MR) is 107 cm³/mol. The number of amides is 1. The molecule has 0 saturated carbocycles. The van der Waals surface area contributed by atoms with E-state index in [1.807, 2.05) is 36.4 Å². The van der Waals surface area contributed by atoms with E-state index in [-0.39, 0.29) is 5.91 Å². The van der Waals surface area contributed by atoms with Crippen LogP contribution in [0.5, 0.6) is 5.75 Å². The smallest absolute Gasteiger partial charge is 0.262 e. The number of carbonyl (C=O) groups is 1. The van der Waals surface area contributed by atoms with E-state index in [2.05, 4.69) is 5.32 Å². The van der Waals surface area contributed by atoms with Crippen LogP contribution in [0.3, 0.4) is 0 Å². The molecule has 1 N–H and O–H groups in total. The Morgan fingerprint density at radius 2 is 1.72 bits per heavy atom. The number of hydrogen-bond acceptors (Lipinski definition) is 5. The molecule has 0 radical (unpaired) electrons. The predicted octanol–water partition coefficient (Wildman–Crippen LogP) is 3.48. The quantitative estimate of drug-likeness (QED) is 0.533. The number of rotatable bonds is 5. The molecule has 7 heteroatoms. The van der Waals surface area contributed by atoms with Crippen LogP contribution in [0, 0.1) is 10.1 Å². The lowest BCUT2D eigenvalue weighted by Gasteiger charge is -2.38. The van der Waals surface area contributed by atoms with Crippen LogP contribution in [0.4, 0.5) is 11.4 Å². The lowest BCUT2D eigenvalue weighted by Crippen LogP contribution is -2.44. The van der Waals surface area contributed by atoms with Crippen LogP contribution in [0.1, 0.15) is 27.7 Å². The van der Waals surface area contributed by atoms with Gasteiger partial charge in [-0.05, 0) is 29.9 Å². The third-order valence-corrected chi connectivity index (χ3v) is 5.00. The van der Waals surface area contributed by atoms with Crippen molar-refractivity contribution in [2.75, 3.05) is 11.9 Å². The summed E-state index contributed by atoms with van der Waals surface area (Å²) in [7, 11) is 0. The fourth-order valence-corrected chi connectivity index (χ4v) is 3.53. The van der Waals surface area contributed by atoms with Gasteiger partial charge in [-0.15, -0.1) is 0 Å². The molecule has 1 aliphatic rings. The zero-order valence-electron chi connectivity index (χ0n) is 15.4. The van der Waals surface area contributed by atoms with Gasteiger partial charge >= 0.3 is 0 Å². The molecule has 1 aliphatic heterocycles. The molecule has 4 rings (SSSR count). The molecular formula is C22H18N3O4-. The summed E-state index contributed by atoms with van der Waals surface area (Å²) < 4.78 is 0. The van der Waals surface area contributed by atoms with Gasteiger partial charge in [-0.1, -0.05) is 54.6 Å². The average molecular weight is 388 g/mol. The van der Waals surface area contributed by atoms with Gasteiger partial charge in [0.1, 0.15) is 6.17 Å². The maximum atomic E-state index is 13.2. The van der Waals surface area contributed by atoms with Crippen molar-refractivity contribution in [2.24, 2.45) is 0 Å². The van der Waals surface area contributed by atoms with E-state index in [1.165, 1.54) is 18.2 Å². The number of benzene rings is 3. The molecule has 3 aromatic rings. The summed E-state index contributed by atoms with van der Waals surface area (Å²) in [6.07, 6.45) is 0.0229. The Bertz CT molecular complexity index is 1070. The number of nitro benzene ring substituents is 1. The first-order valence-corrected chi connectivity index (χ1v) is 9.20. The summed E-state index contributed by atoms with van der Waals surface area (Å²) in [4.78, 5) is 25.4. The van der Waals surface area contributed by atoms with Crippen molar-refractivity contribution in [1.29, 1.82) is 0 Å². The van der Waals surface area contributed by atoms with E-state index < -0.39 is 22.5 Å². The lowest BCUT2D eigenvalue weighted by molar-refractivity contribution is -0.398. The van der Waals surface area contributed by atoms with Crippen molar-refractivity contribution in [3.05, 3.63) is 99.6 Å². The van der Waals surface area contributed by atoms with Crippen molar-refractivity contribution in [1.82, 2.24) is 4.90 Å². The molecule has 0 saturated heterocycles. The highest BCUT2D eigenvalue weighted by Gasteiger charge is 2.33. The van der Waals surface area contributed by atoms with E-state index in [4.69, 9.17) is 0 Å². The molecule has 1 amide bonds. The topological polar surface area (TPSA) is 98.5 Å². The molecule has 0 fully saturated rings. The molecule has 0 spiro atoms. The minimum Gasteiger partial charge on any atom is -0.868 e. The first-order chi connectivity index (χ1) is 14.0. The molecule has 29 heavy (non-hydrogen) atoms. The fourth-order valence-electron chi connectivity index (χ4n) is 3.53. The van der Waals surface area contributed by atoms with Crippen molar-refractivity contribution < 1.29 is 14.8 Å². The van der Waals surface area contributed by atoms with Gasteiger partial charge in [0.05, 0.1) is 10.5 Å². The van der Waals surface area contributed by atoms with Gasteiger partial charge in [-0.2, -0.15) is 0 Å². The molecule has 7 nitrogen and oxygen atoms in total. The van der Waals surface area contributed by atoms with Crippen molar-refractivity contribution >= 4 is 17.3 Å². The molecule has 0 bridgehead atoms. The summed E-state index contributed by atoms with van der Waals surface area (Å²) in [6, 6.07) is 20.9. The summed E-state index contributed by atoms with van der Waals surface area (Å²) in [5, 5.41) is 26.3. The number of carbonyl (C=O) groups excluding carboxylic acids is 1. The van der Waals surface area contributed by atoms with Crippen LogP contribution >= 0.6 is 0 Å². The maximum Gasteiger partial charge on any atom is 0.262 e. The maximum absolute atomic E-state index is 13.2. The van der Waals surface area contributed by atoms with Gasteiger partial charge in [0.15, 0.2) is 0 Å². The number of hydrogen-bond donors (Lipinski definition) is 1. The SMILES string of the molecule is O=C1c2ccccc2N[C@H](c2ccc([O-])c([N+](=O)[O-])c2)N1CCc1ccccc1. The Hall–Kier alpha value is -3.87. The number of anilines is 1. The highest BCUT2D eigenvalue weighted by atomic mass is 16.6. The molecule has 0 aliphatic carbocycles. The zero-order chi connectivity index (χ0) is 20.4. The Kier molecular flexibility index (Phi) is 4.87. The van der Waals surface area contributed by atoms with E-state index in [1.54, 1.807) is 23.1 Å². The van der Waals surface area contributed by atoms with Crippen molar-refractivity contribution in [3.8, 4) is 5.75 Å². The average Bonchev–Trinajstić information content (AvgIpc) is 2.74. The molecule has 1 atom stereocenters. The highest BCUT2D eigenvalue weighted by molar-refractivity contribution is 6.01. The van der Waals surface area contributed by atoms with Crippen LogP contribution in [0.15, 0.2) is 72.8 Å². The standard InChI is InChI=1S/C22H19N3O4/c26-20-11-10-16(14-19(20)25(28)29)21-23-18-9-5-4-8-17(18)22(27)24(21)13-12-15-6-2-1-3-7-15/h1-11,14,21,23,26H,12-13H2/p-1/t21-/m0/s1. The van der Waals surface area contributed by atoms with Crippen LogP contribution in [-0.4, -0.2) is 22.3 Å². The first kappa shape index (κ1) is 18.5. The van der Waals surface area contributed by atoms with Gasteiger partial charge in [0.2, 0.25) is 0 Å². The van der Waals surface area contributed by atoms with Gasteiger partial charge in [-0.3, -0.25) is 14.9 Å². The van der Waals surface area contributed by atoms with Gasteiger partial charge in [0, 0.05) is 23.9 Å². The summed E-state index contributed by atoms with van der Waals surface area (Å²) in [5.41, 5.74) is 2.28. The van der Waals surface area contributed by atoms with Gasteiger partial charge in [0.25, 0.3) is 11.6 Å². The monoisotopic (exact) mass is 388 g/mol. The van der Waals surface area contributed by atoms with Crippen molar-refractivity contribution in [3.63, 3.8) is 0 Å². The second-order valence-corrected chi connectivity index (χ2v) is 6.81. The molecule has 0 aromatic heterocycles. The summed E-state index contributed by atoms with van der Waals surface area (Å²) >= 11 is 0. The van der Waals surface area contributed by atoms with Crippen LogP contribution in [-0.2, 0) is 6.42 Å². The van der Waals surface area contributed by atoms with Crippen LogP contribution < -0.4 is 10.4 Å². The normalized spacial score (nSPS) is 15.5. The van der Waals surface area contributed by atoms with E-state index >= 15 is 0 Å². The molecule has 3 aromatic carbocycles. The Labute approximate surface area is 167 Å². The Morgan fingerprint density at radius 1 is 1.00 bits per heavy atom. The minimum absolute atomic E-state index is 0.158. The summed E-state index contributed by atoms with van der Waals surface area (Å²) in [5.74, 6) is -0.814. The van der Waals surface area contributed by atoms with Crippen molar-refractivity contribution in [2.45, 2.75) is 12.6 Å². The fraction of sp³-hybridized carbons (Fsp3) is 0.136. The lowest BCUT2D eigenvalue weighted by atomic mass is 10.0. The van der Waals surface area contributed by atoms with E-state index in [0.717, 1.165) is 5.56 Å². The second-order valence-electron chi connectivity index (χ2n) is 6.81. The van der Waals surface area contributed by atoms with E-state index in [9.17, 15) is 20.0 Å². The number of nitro groups is 1. The van der Waals surface area contributed by atoms with E-state index in [0.29, 0.717) is 29.8 Å². The molecule has 1 heterocycles. The van der Waals surface area contributed by atoms with Gasteiger partial charge in [-0.25, -0.2) is 0 Å².